The van der Waals surface area contributed by atoms with Crippen molar-refractivity contribution in [1.82, 2.24) is 9.29 Å². The Hall–Kier alpha value is -2.30. The predicted octanol–water partition coefficient (Wildman–Crippen LogP) is 2.76. The van der Waals surface area contributed by atoms with Crippen LogP contribution in [0.3, 0.4) is 0 Å². The average Bonchev–Trinajstić information content (AvgIpc) is 3.30. The summed E-state index contributed by atoms with van der Waals surface area (Å²) in [6.07, 6.45) is 3.13. The second-order valence-corrected chi connectivity index (χ2v) is 10.4. The number of carbonyl (C=O) groups excluding carboxylic acids is 1. The van der Waals surface area contributed by atoms with E-state index in [4.69, 9.17) is 9.47 Å². The minimum Gasteiger partial charge on any atom is -0.486 e. The number of hydrogen-bond acceptors (Lipinski definition) is 7. The molecule has 30 heavy (non-hydrogen) atoms. The Kier molecular flexibility index (Phi) is 6.16. The number of anilines is 1. The molecule has 0 bridgehead atoms. The molecular formula is C20H23N3O5S2. The minimum atomic E-state index is -3.49. The highest BCUT2D eigenvalue weighted by molar-refractivity contribution is 8.00. The molecule has 2 aromatic rings. The van der Waals surface area contributed by atoms with Gasteiger partial charge in [0.2, 0.25) is 15.9 Å². The van der Waals surface area contributed by atoms with Crippen LogP contribution in [0.2, 0.25) is 0 Å². The molecule has 0 radical (unpaired) electrons. The van der Waals surface area contributed by atoms with Crippen LogP contribution >= 0.6 is 11.8 Å². The first-order valence-electron chi connectivity index (χ1n) is 9.77. The molecule has 10 heteroatoms. The van der Waals surface area contributed by atoms with E-state index >= 15 is 0 Å². The Balaban J connectivity index is 1.37. The van der Waals surface area contributed by atoms with E-state index in [9.17, 15) is 13.2 Å². The Bertz CT molecular complexity index is 1020. The van der Waals surface area contributed by atoms with Gasteiger partial charge in [0, 0.05) is 31.0 Å². The maximum Gasteiger partial charge on any atom is 0.244 e. The van der Waals surface area contributed by atoms with Gasteiger partial charge in [-0.05, 0) is 44.0 Å². The summed E-state index contributed by atoms with van der Waals surface area (Å²) in [6.45, 7) is 3.86. The smallest absolute Gasteiger partial charge is 0.244 e. The fourth-order valence-corrected chi connectivity index (χ4v) is 5.52. The van der Waals surface area contributed by atoms with Gasteiger partial charge in [0.1, 0.15) is 18.1 Å². The van der Waals surface area contributed by atoms with Crippen LogP contribution in [0.1, 0.15) is 19.8 Å². The zero-order valence-corrected chi connectivity index (χ0v) is 18.2. The highest BCUT2D eigenvalue weighted by Gasteiger charge is 2.27. The van der Waals surface area contributed by atoms with E-state index in [0.717, 1.165) is 12.8 Å². The second kappa shape index (κ2) is 8.83. The summed E-state index contributed by atoms with van der Waals surface area (Å²) >= 11 is 1.26. The topological polar surface area (TPSA) is 97.8 Å². The second-order valence-electron chi connectivity index (χ2n) is 7.05. The lowest BCUT2D eigenvalue weighted by molar-refractivity contribution is -0.115. The molecule has 8 nitrogen and oxygen atoms in total. The number of pyridine rings is 1. The van der Waals surface area contributed by atoms with Crippen molar-refractivity contribution in [1.29, 1.82) is 0 Å². The van der Waals surface area contributed by atoms with E-state index in [2.05, 4.69) is 10.3 Å². The zero-order valence-electron chi connectivity index (χ0n) is 16.5. The molecule has 1 atom stereocenters. The molecule has 1 fully saturated rings. The Morgan fingerprint density at radius 1 is 1.13 bits per heavy atom. The standard InChI is InChI=1S/C20H23N3O5S2/c1-14(20(24)22-15-4-6-17-18(12-15)28-11-10-27-17)29-19-7-5-16(13-21-19)30(25,26)23-8-2-3-9-23/h4-7,12-14H,2-3,8-11H2,1H3,(H,22,24). The summed E-state index contributed by atoms with van der Waals surface area (Å²) < 4.78 is 37.7. The van der Waals surface area contributed by atoms with Crippen LogP contribution in [0.5, 0.6) is 11.5 Å². The quantitative estimate of drug-likeness (QED) is 0.677. The van der Waals surface area contributed by atoms with Crippen LogP contribution in [0.25, 0.3) is 0 Å². The van der Waals surface area contributed by atoms with Gasteiger partial charge < -0.3 is 14.8 Å². The number of hydrogen-bond donors (Lipinski definition) is 1. The van der Waals surface area contributed by atoms with Crippen LogP contribution in [0.4, 0.5) is 5.69 Å². The number of sulfonamides is 1. The number of thioether (sulfide) groups is 1. The highest BCUT2D eigenvalue weighted by atomic mass is 32.2. The number of fused-ring (bicyclic) bond motifs is 1. The molecule has 4 rings (SSSR count). The summed E-state index contributed by atoms with van der Waals surface area (Å²) in [5, 5.41) is 3.02. The van der Waals surface area contributed by atoms with Gasteiger partial charge in [-0.1, -0.05) is 11.8 Å². The van der Waals surface area contributed by atoms with Gasteiger partial charge in [0.15, 0.2) is 11.5 Å². The molecule has 2 aliphatic rings. The zero-order chi connectivity index (χ0) is 21.1. The number of ether oxygens (including phenoxy) is 2. The molecule has 2 aliphatic heterocycles. The van der Waals surface area contributed by atoms with Gasteiger partial charge in [-0.3, -0.25) is 4.79 Å². The van der Waals surface area contributed by atoms with Crippen molar-refractivity contribution < 1.29 is 22.7 Å². The van der Waals surface area contributed by atoms with E-state index in [-0.39, 0.29) is 10.8 Å². The van der Waals surface area contributed by atoms with E-state index < -0.39 is 15.3 Å². The number of nitrogens with zero attached hydrogens (tertiary/aromatic N) is 2. The van der Waals surface area contributed by atoms with Crippen molar-refractivity contribution >= 4 is 33.4 Å². The van der Waals surface area contributed by atoms with Crippen LogP contribution < -0.4 is 14.8 Å². The third-order valence-electron chi connectivity index (χ3n) is 4.89. The molecule has 1 amide bonds. The van der Waals surface area contributed by atoms with Gasteiger partial charge >= 0.3 is 0 Å². The van der Waals surface area contributed by atoms with Gasteiger partial charge in [0.25, 0.3) is 0 Å². The van der Waals surface area contributed by atoms with E-state index in [1.54, 1.807) is 37.3 Å². The first-order chi connectivity index (χ1) is 14.4. The SMILES string of the molecule is CC(Sc1ccc(S(=O)(=O)N2CCCC2)cn1)C(=O)Nc1ccc2c(c1)OCCO2. The number of aromatic nitrogens is 1. The first-order valence-corrected chi connectivity index (χ1v) is 12.1. The summed E-state index contributed by atoms with van der Waals surface area (Å²) in [5.74, 6) is 1.08. The van der Waals surface area contributed by atoms with Crippen molar-refractivity contribution in [2.75, 3.05) is 31.6 Å². The molecule has 1 N–H and O–H groups in total. The molecule has 1 unspecified atom stereocenters. The van der Waals surface area contributed by atoms with Crippen molar-refractivity contribution in [2.45, 2.75) is 34.9 Å². The number of benzene rings is 1. The largest absolute Gasteiger partial charge is 0.486 e. The maximum absolute atomic E-state index is 12.6. The van der Waals surface area contributed by atoms with Crippen molar-refractivity contribution in [3.05, 3.63) is 36.5 Å². The Morgan fingerprint density at radius 2 is 1.87 bits per heavy atom. The molecule has 0 aliphatic carbocycles. The van der Waals surface area contributed by atoms with E-state index in [1.165, 1.54) is 22.3 Å². The average molecular weight is 450 g/mol. The minimum absolute atomic E-state index is 0.183. The molecule has 1 aromatic carbocycles. The molecule has 1 saturated heterocycles. The van der Waals surface area contributed by atoms with Crippen LogP contribution in [0, 0.1) is 0 Å². The van der Waals surface area contributed by atoms with Gasteiger partial charge in [-0.2, -0.15) is 4.31 Å². The summed E-state index contributed by atoms with van der Waals surface area (Å²) in [7, 11) is -3.49. The lowest BCUT2D eigenvalue weighted by Gasteiger charge is -2.19. The number of amides is 1. The fraction of sp³-hybridized carbons (Fsp3) is 0.400. The monoisotopic (exact) mass is 449 g/mol. The predicted molar refractivity (Wildman–Crippen MR) is 114 cm³/mol. The van der Waals surface area contributed by atoms with Gasteiger partial charge in [0.05, 0.1) is 10.3 Å². The highest BCUT2D eigenvalue weighted by Crippen LogP contribution is 2.33. The lowest BCUT2D eigenvalue weighted by Crippen LogP contribution is -2.28. The number of carbonyl (C=O) groups is 1. The van der Waals surface area contributed by atoms with Gasteiger partial charge in [-0.25, -0.2) is 13.4 Å². The molecule has 1 aromatic heterocycles. The lowest BCUT2D eigenvalue weighted by atomic mass is 10.2. The first kappa shape index (κ1) is 21.0. The molecule has 160 valence electrons. The van der Waals surface area contributed by atoms with Crippen molar-refractivity contribution in [3.63, 3.8) is 0 Å². The van der Waals surface area contributed by atoms with Crippen LogP contribution in [-0.2, 0) is 14.8 Å². The van der Waals surface area contributed by atoms with Crippen LogP contribution in [-0.4, -0.2) is 55.2 Å². The molecule has 0 saturated carbocycles. The van der Waals surface area contributed by atoms with Crippen molar-refractivity contribution in [3.8, 4) is 11.5 Å². The molecular weight excluding hydrogens is 426 g/mol. The third-order valence-corrected chi connectivity index (χ3v) is 7.82. The normalized spacial score (nSPS) is 17.5. The maximum atomic E-state index is 12.6. The van der Waals surface area contributed by atoms with Crippen molar-refractivity contribution in [2.24, 2.45) is 0 Å². The third kappa shape index (κ3) is 4.55. The Morgan fingerprint density at radius 3 is 2.57 bits per heavy atom. The number of nitrogens with one attached hydrogen (secondary N) is 1. The van der Waals surface area contributed by atoms with Crippen LogP contribution in [0.15, 0.2) is 46.5 Å². The van der Waals surface area contributed by atoms with Gasteiger partial charge in [-0.15, -0.1) is 0 Å². The molecule has 0 spiro atoms. The van der Waals surface area contributed by atoms with E-state index in [1.807, 2.05) is 0 Å². The van der Waals surface area contributed by atoms with E-state index in [0.29, 0.717) is 48.5 Å². The summed E-state index contributed by atoms with van der Waals surface area (Å²) in [6, 6.07) is 8.46. The Labute approximate surface area is 180 Å². The number of rotatable bonds is 6. The molecule has 3 heterocycles. The fourth-order valence-electron chi connectivity index (χ4n) is 3.27. The summed E-state index contributed by atoms with van der Waals surface area (Å²) in [5.41, 5.74) is 0.622. The summed E-state index contributed by atoms with van der Waals surface area (Å²) in [4.78, 5) is 17.0.